The molecular weight excluding hydrogens is 318 g/mol. The summed E-state index contributed by atoms with van der Waals surface area (Å²) in [7, 11) is 0. The molecule has 0 spiro atoms. The maximum absolute atomic E-state index is 12.7. The number of aryl methyl sites for hydroxylation is 1. The second-order valence-corrected chi connectivity index (χ2v) is 6.44. The van der Waals surface area contributed by atoms with Gasteiger partial charge < -0.3 is 4.74 Å². The SMILES string of the molecule is C=CCN1C(=O)C(=C2CCCc3cc4ccccc4cc32)OC1=S. The fourth-order valence-corrected chi connectivity index (χ4v) is 3.71. The number of carbonyl (C=O) groups excluding carboxylic acids is 1. The van der Waals surface area contributed by atoms with Crippen molar-refractivity contribution < 1.29 is 9.53 Å². The van der Waals surface area contributed by atoms with Gasteiger partial charge in [-0.15, -0.1) is 6.58 Å². The minimum Gasteiger partial charge on any atom is -0.425 e. The summed E-state index contributed by atoms with van der Waals surface area (Å²) in [6.07, 6.45) is 4.52. The van der Waals surface area contributed by atoms with Crippen LogP contribution in [-0.2, 0) is 16.0 Å². The van der Waals surface area contributed by atoms with E-state index in [9.17, 15) is 4.79 Å². The molecule has 0 aromatic heterocycles. The Morgan fingerprint density at radius 3 is 2.71 bits per heavy atom. The molecule has 3 nitrogen and oxygen atoms in total. The van der Waals surface area contributed by atoms with Gasteiger partial charge >= 0.3 is 0 Å². The van der Waals surface area contributed by atoms with Crippen LogP contribution in [0.15, 0.2) is 54.8 Å². The van der Waals surface area contributed by atoms with Crippen molar-refractivity contribution in [1.82, 2.24) is 4.90 Å². The number of thiocarbonyl (C=S) groups is 1. The molecule has 2 aromatic carbocycles. The van der Waals surface area contributed by atoms with Gasteiger partial charge in [0.05, 0.1) is 0 Å². The highest BCUT2D eigenvalue weighted by atomic mass is 32.1. The quantitative estimate of drug-likeness (QED) is 0.468. The number of ether oxygens (including phenoxy) is 1. The standard InChI is InChI=1S/C20H17NO2S/c1-2-10-21-19(22)18(23-20(21)24)16-9-5-8-15-11-13-6-3-4-7-14(13)12-17(15)16/h2-4,6-7,11-12H,1,5,8-10H2. The minimum absolute atomic E-state index is 0.157. The number of nitrogens with zero attached hydrogens (tertiary/aromatic N) is 1. The van der Waals surface area contributed by atoms with Gasteiger partial charge in [0.15, 0.2) is 5.76 Å². The monoisotopic (exact) mass is 335 g/mol. The Balaban J connectivity index is 1.87. The predicted octanol–water partition coefficient (Wildman–Crippen LogP) is 4.22. The molecule has 1 fully saturated rings. The molecule has 4 rings (SSSR count). The zero-order valence-electron chi connectivity index (χ0n) is 13.2. The van der Waals surface area contributed by atoms with Crippen LogP contribution in [0.25, 0.3) is 16.3 Å². The third kappa shape index (κ3) is 2.34. The van der Waals surface area contributed by atoms with Crippen LogP contribution in [0.2, 0.25) is 0 Å². The van der Waals surface area contributed by atoms with Gasteiger partial charge in [-0.2, -0.15) is 0 Å². The molecule has 1 heterocycles. The zero-order valence-corrected chi connectivity index (χ0v) is 14.1. The molecule has 120 valence electrons. The zero-order chi connectivity index (χ0) is 16.7. The number of hydrogen-bond donors (Lipinski definition) is 0. The van der Waals surface area contributed by atoms with Crippen LogP contribution in [0.1, 0.15) is 24.0 Å². The van der Waals surface area contributed by atoms with Crippen LogP contribution in [0.4, 0.5) is 0 Å². The van der Waals surface area contributed by atoms with E-state index in [1.54, 1.807) is 6.08 Å². The van der Waals surface area contributed by atoms with Gasteiger partial charge in [0.2, 0.25) is 0 Å². The van der Waals surface area contributed by atoms with Gasteiger partial charge in [0, 0.05) is 12.1 Å². The summed E-state index contributed by atoms with van der Waals surface area (Å²) in [5.41, 5.74) is 3.36. The lowest BCUT2D eigenvalue weighted by molar-refractivity contribution is -0.122. The Hall–Kier alpha value is -2.46. The third-order valence-electron chi connectivity index (χ3n) is 4.60. The second kappa shape index (κ2) is 5.87. The average Bonchev–Trinajstić information content (AvgIpc) is 2.88. The Labute approximate surface area is 146 Å². The third-order valence-corrected chi connectivity index (χ3v) is 4.91. The van der Waals surface area contributed by atoms with Crippen LogP contribution in [0.3, 0.4) is 0 Å². The van der Waals surface area contributed by atoms with Crippen LogP contribution < -0.4 is 0 Å². The van der Waals surface area contributed by atoms with Crippen molar-refractivity contribution in [2.75, 3.05) is 6.54 Å². The lowest BCUT2D eigenvalue weighted by atomic mass is 9.85. The molecule has 0 radical (unpaired) electrons. The first-order valence-corrected chi connectivity index (χ1v) is 8.49. The van der Waals surface area contributed by atoms with E-state index in [2.05, 4.69) is 30.8 Å². The van der Waals surface area contributed by atoms with E-state index in [0.29, 0.717) is 12.3 Å². The molecule has 1 amide bonds. The first kappa shape index (κ1) is 15.1. The molecule has 1 saturated heterocycles. The Bertz CT molecular complexity index is 913. The van der Waals surface area contributed by atoms with Crippen molar-refractivity contribution >= 4 is 39.6 Å². The maximum Gasteiger partial charge on any atom is 0.297 e. The maximum atomic E-state index is 12.7. The van der Waals surface area contributed by atoms with Crippen molar-refractivity contribution in [3.63, 3.8) is 0 Å². The molecule has 0 atom stereocenters. The summed E-state index contributed by atoms with van der Waals surface area (Å²) in [6.45, 7) is 4.05. The molecular formula is C20H17NO2S. The molecule has 24 heavy (non-hydrogen) atoms. The van der Waals surface area contributed by atoms with Gasteiger partial charge in [-0.25, -0.2) is 0 Å². The average molecular weight is 335 g/mol. The fraction of sp³-hybridized carbons (Fsp3) is 0.200. The molecule has 0 bridgehead atoms. The minimum atomic E-state index is -0.157. The predicted molar refractivity (Wildman–Crippen MR) is 99.4 cm³/mol. The van der Waals surface area contributed by atoms with Gasteiger partial charge in [-0.05, 0) is 59.4 Å². The first-order valence-electron chi connectivity index (χ1n) is 8.09. The summed E-state index contributed by atoms with van der Waals surface area (Å²) in [6, 6.07) is 12.7. The summed E-state index contributed by atoms with van der Waals surface area (Å²) in [4.78, 5) is 14.1. The molecule has 2 aromatic rings. The molecule has 1 aliphatic carbocycles. The van der Waals surface area contributed by atoms with Gasteiger partial charge in [0.1, 0.15) is 0 Å². The van der Waals surface area contributed by atoms with Gasteiger partial charge in [-0.1, -0.05) is 36.4 Å². The van der Waals surface area contributed by atoms with E-state index in [1.165, 1.54) is 21.2 Å². The number of carbonyl (C=O) groups is 1. The largest absolute Gasteiger partial charge is 0.425 e. The highest BCUT2D eigenvalue weighted by molar-refractivity contribution is 7.80. The fourth-order valence-electron chi connectivity index (χ4n) is 3.47. The van der Waals surface area contributed by atoms with Crippen LogP contribution in [0.5, 0.6) is 0 Å². The van der Waals surface area contributed by atoms with E-state index in [4.69, 9.17) is 17.0 Å². The molecule has 0 saturated carbocycles. The van der Waals surface area contributed by atoms with Crippen molar-refractivity contribution in [2.45, 2.75) is 19.3 Å². The number of amides is 1. The van der Waals surface area contributed by atoms with Crippen molar-refractivity contribution in [1.29, 1.82) is 0 Å². The lowest BCUT2D eigenvalue weighted by Gasteiger charge is -2.20. The highest BCUT2D eigenvalue weighted by Crippen LogP contribution is 2.38. The van der Waals surface area contributed by atoms with Gasteiger partial charge in [-0.3, -0.25) is 9.69 Å². The van der Waals surface area contributed by atoms with Crippen molar-refractivity contribution in [2.24, 2.45) is 0 Å². The number of hydrogen-bond acceptors (Lipinski definition) is 3. The normalized spacial score (nSPS) is 20.2. The molecule has 2 aliphatic rings. The topological polar surface area (TPSA) is 29.5 Å². The number of rotatable bonds is 2. The van der Waals surface area contributed by atoms with Crippen LogP contribution in [-0.4, -0.2) is 22.5 Å². The van der Waals surface area contributed by atoms with E-state index in [-0.39, 0.29) is 11.1 Å². The van der Waals surface area contributed by atoms with Gasteiger partial charge in [0.25, 0.3) is 11.1 Å². The lowest BCUT2D eigenvalue weighted by Crippen LogP contribution is -2.28. The summed E-state index contributed by atoms with van der Waals surface area (Å²) in [5.74, 6) is 0.231. The van der Waals surface area contributed by atoms with E-state index < -0.39 is 0 Å². The van der Waals surface area contributed by atoms with E-state index >= 15 is 0 Å². The highest BCUT2D eigenvalue weighted by Gasteiger charge is 2.36. The molecule has 0 unspecified atom stereocenters. The Kier molecular flexibility index (Phi) is 3.69. The Morgan fingerprint density at radius 2 is 1.96 bits per heavy atom. The van der Waals surface area contributed by atoms with E-state index in [1.807, 2.05) is 12.1 Å². The smallest absolute Gasteiger partial charge is 0.297 e. The number of allylic oxidation sites excluding steroid dienone is 1. The van der Waals surface area contributed by atoms with Crippen LogP contribution >= 0.6 is 12.2 Å². The molecule has 0 N–H and O–H groups in total. The summed E-state index contributed by atoms with van der Waals surface area (Å²) < 4.78 is 5.69. The number of fused-ring (bicyclic) bond motifs is 2. The summed E-state index contributed by atoms with van der Waals surface area (Å²) in [5, 5.41) is 2.62. The van der Waals surface area contributed by atoms with Crippen molar-refractivity contribution in [3.8, 4) is 0 Å². The molecule has 4 heteroatoms. The number of benzene rings is 2. The molecule has 1 aliphatic heterocycles. The van der Waals surface area contributed by atoms with Crippen molar-refractivity contribution in [3.05, 3.63) is 65.9 Å². The Morgan fingerprint density at radius 1 is 1.21 bits per heavy atom. The second-order valence-electron chi connectivity index (χ2n) is 6.09. The van der Waals surface area contributed by atoms with E-state index in [0.717, 1.165) is 30.4 Å². The summed E-state index contributed by atoms with van der Waals surface area (Å²) >= 11 is 5.21. The van der Waals surface area contributed by atoms with Crippen LogP contribution in [0, 0.1) is 0 Å². The first-order chi connectivity index (χ1) is 11.7.